The van der Waals surface area contributed by atoms with Gasteiger partial charge in [0, 0.05) is 22.6 Å². The molecule has 1 aliphatic carbocycles. The Hall–Kier alpha value is -0.670. The first-order valence-electron chi connectivity index (χ1n) is 7.95. The molecule has 0 spiro atoms. The third-order valence-corrected chi connectivity index (χ3v) is 5.96. The van der Waals surface area contributed by atoms with Gasteiger partial charge in [0.15, 0.2) is 0 Å². The highest BCUT2D eigenvalue weighted by molar-refractivity contribution is 7.84. The summed E-state index contributed by atoms with van der Waals surface area (Å²) in [5, 5.41) is 3.96. The minimum absolute atomic E-state index is 0.323. The molecule has 1 aromatic rings. The van der Waals surface area contributed by atoms with E-state index in [9.17, 15) is 4.21 Å². The maximum atomic E-state index is 12.8. The zero-order valence-electron chi connectivity index (χ0n) is 12.5. The van der Waals surface area contributed by atoms with E-state index in [0.717, 1.165) is 19.4 Å². The molecule has 1 aliphatic rings. The van der Waals surface area contributed by atoms with E-state index in [0.29, 0.717) is 17.0 Å². The second kappa shape index (κ2) is 8.58. The van der Waals surface area contributed by atoms with E-state index in [-0.39, 0.29) is 0 Å². The van der Waals surface area contributed by atoms with Crippen LogP contribution in [0, 0.1) is 0 Å². The van der Waals surface area contributed by atoms with E-state index in [1.54, 1.807) is 0 Å². The van der Waals surface area contributed by atoms with Gasteiger partial charge in [-0.2, -0.15) is 0 Å². The molecule has 20 heavy (non-hydrogen) atoms. The minimum Gasteiger partial charge on any atom is -0.313 e. The van der Waals surface area contributed by atoms with Crippen molar-refractivity contribution in [1.82, 2.24) is 5.32 Å². The van der Waals surface area contributed by atoms with Crippen LogP contribution in [0.1, 0.15) is 51.0 Å². The van der Waals surface area contributed by atoms with Gasteiger partial charge in [0.2, 0.25) is 0 Å². The lowest BCUT2D eigenvalue weighted by atomic mass is 10.1. The lowest BCUT2D eigenvalue weighted by Gasteiger charge is -2.25. The van der Waals surface area contributed by atoms with E-state index in [4.69, 9.17) is 0 Å². The predicted octanol–water partition coefficient (Wildman–Crippen LogP) is 3.64. The first-order valence-corrected chi connectivity index (χ1v) is 9.34. The molecule has 0 aliphatic heterocycles. The van der Waals surface area contributed by atoms with Crippen molar-refractivity contribution >= 4 is 10.8 Å². The summed E-state index contributed by atoms with van der Waals surface area (Å²) in [6.07, 6.45) is 7.25. The molecule has 112 valence electrons. The smallest absolute Gasteiger partial charge is 0.0504 e. The summed E-state index contributed by atoms with van der Waals surface area (Å²) >= 11 is 0. The second-order valence-corrected chi connectivity index (χ2v) is 7.40. The topological polar surface area (TPSA) is 29.1 Å². The van der Waals surface area contributed by atoms with Crippen LogP contribution in [0.25, 0.3) is 0 Å². The Morgan fingerprint density at radius 3 is 2.65 bits per heavy atom. The molecule has 0 bridgehead atoms. The zero-order valence-corrected chi connectivity index (χ0v) is 13.3. The van der Waals surface area contributed by atoms with Gasteiger partial charge in [-0.3, -0.25) is 4.21 Å². The molecule has 1 saturated carbocycles. The molecule has 1 N–H and O–H groups in total. The Balaban J connectivity index is 1.99. The quantitative estimate of drug-likeness (QED) is 0.811. The Morgan fingerprint density at radius 2 is 1.90 bits per heavy atom. The van der Waals surface area contributed by atoms with Crippen LogP contribution < -0.4 is 5.32 Å². The SMILES string of the molecule is CCCNC1CCCCCC1S(=O)Cc1ccccc1. The van der Waals surface area contributed by atoms with Gasteiger partial charge in [0.05, 0.1) is 5.25 Å². The number of benzene rings is 1. The van der Waals surface area contributed by atoms with Crippen molar-refractivity contribution in [3.63, 3.8) is 0 Å². The molecular formula is C17H27NOS. The molecule has 0 heterocycles. The van der Waals surface area contributed by atoms with Crippen molar-refractivity contribution in [2.24, 2.45) is 0 Å². The Kier molecular flexibility index (Phi) is 6.74. The second-order valence-electron chi connectivity index (χ2n) is 5.75. The van der Waals surface area contributed by atoms with Gasteiger partial charge in [-0.05, 0) is 31.4 Å². The first-order chi connectivity index (χ1) is 9.81. The van der Waals surface area contributed by atoms with Gasteiger partial charge in [0.25, 0.3) is 0 Å². The van der Waals surface area contributed by atoms with E-state index in [2.05, 4.69) is 24.4 Å². The first kappa shape index (κ1) is 15.7. The largest absolute Gasteiger partial charge is 0.313 e. The van der Waals surface area contributed by atoms with Crippen LogP contribution >= 0.6 is 0 Å². The van der Waals surface area contributed by atoms with Crippen LogP contribution in [0.4, 0.5) is 0 Å². The van der Waals surface area contributed by atoms with Crippen molar-refractivity contribution in [3.8, 4) is 0 Å². The molecule has 0 saturated heterocycles. The van der Waals surface area contributed by atoms with E-state index >= 15 is 0 Å². The van der Waals surface area contributed by atoms with Crippen molar-refractivity contribution < 1.29 is 4.21 Å². The summed E-state index contributed by atoms with van der Waals surface area (Å²) in [6.45, 7) is 3.24. The minimum atomic E-state index is -0.765. The summed E-state index contributed by atoms with van der Waals surface area (Å²) in [4.78, 5) is 0. The van der Waals surface area contributed by atoms with Crippen molar-refractivity contribution in [2.75, 3.05) is 6.54 Å². The van der Waals surface area contributed by atoms with Crippen molar-refractivity contribution in [2.45, 2.75) is 62.5 Å². The standard InChI is InChI=1S/C17H27NOS/c1-2-13-18-16-11-7-4-8-12-17(16)20(19)14-15-9-5-3-6-10-15/h3,5-6,9-10,16-18H,2,4,7-8,11-14H2,1H3. The van der Waals surface area contributed by atoms with Crippen LogP contribution in [0.5, 0.6) is 0 Å². The highest BCUT2D eigenvalue weighted by Gasteiger charge is 2.27. The van der Waals surface area contributed by atoms with Gasteiger partial charge >= 0.3 is 0 Å². The summed E-state index contributed by atoms with van der Waals surface area (Å²) < 4.78 is 12.8. The maximum Gasteiger partial charge on any atom is 0.0504 e. The van der Waals surface area contributed by atoms with Crippen molar-refractivity contribution in [3.05, 3.63) is 35.9 Å². The van der Waals surface area contributed by atoms with Crippen molar-refractivity contribution in [1.29, 1.82) is 0 Å². The third kappa shape index (κ3) is 4.71. The van der Waals surface area contributed by atoms with Crippen LogP contribution in [0.3, 0.4) is 0 Å². The molecule has 2 nitrogen and oxygen atoms in total. The summed E-state index contributed by atoms with van der Waals surface area (Å²) in [5.41, 5.74) is 1.20. The summed E-state index contributed by atoms with van der Waals surface area (Å²) in [7, 11) is -0.765. The highest BCUT2D eigenvalue weighted by Crippen LogP contribution is 2.24. The Labute approximate surface area is 125 Å². The molecule has 0 amide bonds. The average molecular weight is 293 g/mol. The van der Waals surface area contributed by atoms with Gasteiger partial charge in [-0.25, -0.2) is 0 Å². The number of hydrogen-bond donors (Lipinski definition) is 1. The molecule has 0 radical (unpaired) electrons. The number of rotatable bonds is 6. The Morgan fingerprint density at radius 1 is 1.15 bits per heavy atom. The molecule has 2 rings (SSSR count). The number of nitrogens with one attached hydrogen (secondary N) is 1. The fourth-order valence-corrected chi connectivity index (χ4v) is 4.76. The van der Waals surface area contributed by atoms with Gasteiger partial charge in [-0.1, -0.05) is 56.5 Å². The molecular weight excluding hydrogens is 266 g/mol. The molecule has 1 aromatic carbocycles. The normalized spacial score (nSPS) is 25.1. The van der Waals surface area contributed by atoms with Crippen LogP contribution in [0.15, 0.2) is 30.3 Å². The summed E-state index contributed by atoms with van der Waals surface area (Å²) in [6, 6.07) is 10.7. The predicted molar refractivity (Wildman–Crippen MR) is 87.2 cm³/mol. The fourth-order valence-electron chi connectivity index (χ4n) is 3.00. The van der Waals surface area contributed by atoms with Gasteiger partial charge < -0.3 is 5.32 Å². The lowest BCUT2D eigenvalue weighted by molar-refractivity contribution is 0.462. The maximum absolute atomic E-state index is 12.8. The average Bonchev–Trinajstić information content (AvgIpc) is 2.71. The lowest BCUT2D eigenvalue weighted by Crippen LogP contribution is -2.42. The van der Waals surface area contributed by atoms with Crippen LogP contribution in [-0.2, 0) is 16.6 Å². The van der Waals surface area contributed by atoms with Gasteiger partial charge in [0.1, 0.15) is 0 Å². The van der Waals surface area contributed by atoms with Crippen LogP contribution in [-0.4, -0.2) is 22.0 Å². The van der Waals surface area contributed by atoms with Gasteiger partial charge in [-0.15, -0.1) is 0 Å². The third-order valence-electron chi connectivity index (χ3n) is 4.10. The molecule has 3 heteroatoms. The van der Waals surface area contributed by atoms with E-state index in [1.165, 1.54) is 31.2 Å². The zero-order chi connectivity index (χ0) is 14.2. The molecule has 1 fully saturated rings. The Bertz CT molecular complexity index is 407. The fraction of sp³-hybridized carbons (Fsp3) is 0.647. The number of hydrogen-bond acceptors (Lipinski definition) is 2. The van der Waals surface area contributed by atoms with Crippen LogP contribution in [0.2, 0.25) is 0 Å². The highest BCUT2D eigenvalue weighted by atomic mass is 32.2. The monoisotopic (exact) mass is 293 g/mol. The molecule has 3 atom stereocenters. The molecule has 0 aromatic heterocycles. The van der Waals surface area contributed by atoms with E-state index < -0.39 is 10.8 Å². The molecule has 3 unspecified atom stereocenters. The summed E-state index contributed by atoms with van der Waals surface area (Å²) in [5.74, 6) is 0.704. The van der Waals surface area contributed by atoms with E-state index in [1.807, 2.05) is 18.2 Å².